The quantitative estimate of drug-likeness (QED) is 0.427. The Balaban J connectivity index is 1.88. The molecule has 3 aromatic carbocycles. The number of phenolic OH excluding ortho intramolecular Hbond substituents is 1. The minimum atomic E-state index is -0.291. The van der Waals surface area contributed by atoms with Gasteiger partial charge in [0.05, 0.1) is 0 Å². The van der Waals surface area contributed by atoms with Crippen LogP contribution in [0.5, 0.6) is 16.6 Å². The fraction of sp³-hybridized carbons (Fsp3) is 0. The van der Waals surface area contributed by atoms with Crippen LogP contribution >= 0.6 is 22.9 Å². The van der Waals surface area contributed by atoms with E-state index in [1.165, 1.54) is 23.5 Å². The highest BCUT2D eigenvalue weighted by Gasteiger charge is 2.17. The molecule has 0 spiro atoms. The Hall–Kier alpha value is -2.56. The summed E-state index contributed by atoms with van der Waals surface area (Å²) in [6.07, 6.45) is 0. The molecule has 0 radical (unpaired) electrons. The molecular weight excluding hydrogens is 359 g/mol. The van der Waals surface area contributed by atoms with Crippen LogP contribution in [-0.4, -0.2) is 5.11 Å². The van der Waals surface area contributed by atoms with Gasteiger partial charge >= 0.3 is 0 Å². The first-order chi connectivity index (χ1) is 12.1. The molecule has 4 rings (SSSR count). The van der Waals surface area contributed by atoms with Gasteiger partial charge in [-0.1, -0.05) is 35.1 Å². The van der Waals surface area contributed by atoms with Crippen molar-refractivity contribution in [3.8, 4) is 27.7 Å². The van der Waals surface area contributed by atoms with Crippen molar-refractivity contribution in [3.05, 3.63) is 77.6 Å². The van der Waals surface area contributed by atoms with Gasteiger partial charge in [0.15, 0.2) is 5.06 Å². The lowest BCUT2D eigenvalue weighted by Gasteiger charge is -2.07. The third-order valence-electron chi connectivity index (χ3n) is 3.80. The van der Waals surface area contributed by atoms with Gasteiger partial charge in [-0.15, -0.1) is 0 Å². The Labute approximate surface area is 152 Å². The van der Waals surface area contributed by atoms with Gasteiger partial charge in [-0.05, 0) is 60.2 Å². The maximum absolute atomic E-state index is 13.3. The number of hydrogen-bond donors (Lipinski definition) is 1. The zero-order valence-corrected chi connectivity index (χ0v) is 14.4. The standard InChI is InChI=1S/C20H12ClFO2S/c21-13-3-8-16(9-4-13)24-20-19(12-1-5-14(22)6-2-12)17-10-7-15(23)11-18(17)25-20/h1-11,23H. The fourth-order valence-corrected chi connectivity index (χ4v) is 3.89. The first-order valence-electron chi connectivity index (χ1n) is 7.55. The minimum Gasteiger partial charge on any atom is -0.508 e. The van der Waals surface area contributed by atoms with Crippen molar-refractivity contribution in [1.29, 1.82) is 0 Å². The lowest BCUT2D eigenvalue weighted by Crippen LogP contribution is -1.85. The van der Waals surface area contributed by atoms with E-state index in [2.05, 4.69) is 0 Å². The van der Waals surface area contributed by atoms with E-state index in [4.69, 9.17) is 16.3 Å². The van der Waals surface area contributed by atoms with E-state index < -0.39 is 0 Å². The summed E-state index contributed by atoms with van der Waals surface area (Å²) in [6.45, 7) is 0. The van der Waals surface area contributed by atoms with Gasteiger partial charge in [-0.25, -0.2) is 4.39 Å². The highest BCUT2D eigenvalue weighted by Crippen LogP contribution is 2.47. The van der Waals surface area contributed by atoms with Crippen LogP contribution in [0, 0.1) is 5.82 Å². The molecule has 0 fully saturated rings. The van der Waals surface area contributed by atoms with Gasteiger partial charge in [0.2, 0.25) is 0 Å². The Morgan fingerprint density at radius 2 is 1.64 bits per heavy atom. The number of benzene rings is 3. The zero-order chi connectivity index (χ0) is 17.4. The maximum Gasteiger partial charge on any atom is 0.189 e. The number of rotatable bonds is 3. The van der Waals surface area contributed by atoms with Crippen molar-refractivity contribution in [2.75, 3.05) is 0 Å². The van der Waals surface area contributed by atoms with E-state index in [9.17, 15) is 9.50 Å². The lowest BCUT2D eigenvalue weighted by atomic mass is 10.0. The van der Waals surface area contributed by atoms with Crippen LogP contribution in [0.4, 0.5) is 4.39 Å². The highest BCUT2D eigenvalue weighted by molar-refractivity contribution is 7.21. The second-order valence-corrected chi connectivity index (χ2v) is 6.96. The van der Waals surface area contributed by atoms with E-state index in [0.29, 0.717) is 15.8 Å². The molecule has 1 aromatic heterocycles. The van der Waals surface area contributed by atoms with Gasteiger partial charge in [0, 0.05) is 20.7 Å². The molecule has 0 bridgehead atoms. The molecule has 4 aromatic rings. The summed E-state index contributed by atoms with van der Waals surface area (Å²) < 4.78 is 20.3. The molecule has 1 heterocycles. The van der Waals surface area contributed by atoms with Crippen molar-refractivity contribution in [2.45, 2.75) is 0 Å². The summed E-state index contributed by atoms with van der Waals surface area (Å²) in [4.78, 5) is 0. The lowest BCUT2D eigenvalue weighted by molar-refractivity contribution is 0.476. The van der Waals surface area contributed by atoms with Crippen LogP contribution in [0.3, 0.4) is 0 Å². The fourth-order valence-electron chi connectivity index (χ4n) is 2.63. The summed E-state index contributed by atoms with van der Waals surface area (Å²) in [5, 5.41) is 12.0. The highest BCUT2D eigenvalue weighted by atomic mass is 35.5. The number of fused-ring (bicyclic) bond motifs is 1. The number of hydrogen-bond acceptors (Lipinski definition) is 3. The van der Waals surface area contributed by atoms with Crippen molar-refractivity contribution in [1.82, 2.24) is 0 Å². The molecule has 0 amide bonds. The maximum atomic E-state index is 13.3. The molecule has 0 saturated heterocycles. The summed E-state index contributed by atoms with van der Waals surface area (Å²) in [5.41, 5.74) is 1.72. The molecule has 0 atom stereocenters. The molecule has 2 nitrogen and oxygen atoms in total. The molecule has 0 aliphatic heterocycles. The van der Waals surface area contributed by atoms with E-state index in [1.807, 2.05) is 6.07 Å². The van der Waals surface area contributed by atoms with E-state index in [1.54, 1.807) is 48.5 Å². The molecule has 0 aliphatic rings. The van der Waals surface area contributed by atoms with Gasteiger partial charge in [0.1, 0.15) is 17.3 Å². The van der Waals surface area contributed by atoms with Crippen molar-refractivity contribution in [2.24, 2.45) is 0 Å². The van der Waals surface area contributed by atoms with E-state index in [0.717, 1.165) is 21.2 Å². The Morgan fingerprint density at radius 1 is 0.920 bits per heavy atom. The molecule has 124 valence electrons. The van der Waals surface area contributed by atoms with E-state index in [-0.39, 0.29) is 11.6 Å². The Bertz CT molecular complexity index is 1040. The molecule has 0 unspecified atom stereocenters. The van der Waals surface area contributed by atoms with Gasteiger partial charge < -0.3 is 9.84 Å². The van der Waals surface area contributed by atoms with Crippen LogP contribution in [0.15, 0.2) is 66.7 Å². The average molecular weight is 371 g/mol. The molecule has 5 heteroatoms. The SMILES string of the molecule is Oc1ccc2c(-c3ccc(F)cc3)c(Oc3ccc(Cl)cc3)sc2c1. The predicted octanol–water partition coefficient (Wildman–Crippen LogP) is 6.86. The first-order valence-corrected chi connectivity index (χ1v) is 8.74. The number of ether oxygens (including phenoxy) is 1. The van der Waals surface area contributed by atoms with Crippen molar-refractivity contribution < 1.29 is 14.2 Å². The largest absolute Gasteiger partial charge is 0.508 e. The summed E-state index contributed by atoms with van der Waals surface area (Å²) in [5.74, 6) is 0.557. The molecular formula is C20H12ClFO2S. The minimum absolute atomic E-state index is 0.192. The number of phenols is 1. The van der Waals surface area contributed by atoms with Crippen molar-refractivity contribution >= 4 is 33.0 Å². The predicted molar refractivity (Wildman–Crippen MR) is 100 cm³/mol. The van der Waals surface area contributed by atoms with Gasteiger partial charge in [0.25, 0.3) is 0 Å². The summed E-state index contributed by atoms with van der Waals surface area (Å²) in [7, 11) is 0. The van der Waals surface area contributed by atoms with Gasteiger partial charge in [-0.2, -0.15) is 0 Å². The number of halogens is 2. The molecule has 0 saturated carbocycles. The number of thiophene rings is 1. The van der Waals surface area contributed by atoms with Crippen LogP contribution in [0.1, 0.15) is 0 Å². The average Bonchev–Trinajstić information content (AvgIpc) is 2.94. The molecule has 1 N–H and O–H groups in total. The summed E-state index contributed by atoms with van der Waals surface area (Å²) in [6, 6.07) is 18.6. The van der Waals surface area contributed by atoms with Gasteiger partial charge in [-0.3, -0.25) is 0 Å². The van der Waals surface area contributed by atoms with Crippen LogP contribution in [-0.2, 0) is 0 Å². The van der Waals surface area contributed by atoms with E-state index >= 15 is 0 Å². The third kappa shape index (κ3) is 3.18. The Kier molecular flexibility index (Phi) is 4.07. The normalized spacial score (nSPS) is 11.0. The second kappa shape index (κ2) is 6.39. The molecule has 25 heavy (non-hydrogen) atoms. The van der Waals surface area contributed by atoms with Crippen LogP contribution in [0.25, 0.3) is 21.2 Å². The smallest absolute Gasteiger partial charge is 0.189 e. The second-order valence-electron chi connectivity index (χ2n) is 5.51. The Morgan fingerprint density at radius 3 is 2.36 bits per heavy atom. The molecule has 0 aliphatic carbocycles. The first kappa shape index (κ1) is 15.9. The van der Waals surface area contributed by atoms with Crippen LogP contribution < -0.4 is 4.74 Å². The number of aromatic hydroxyl groups is 1. The zero-order valence-electron chi connectivity index (χ0n) is 12.9. The monoisotopic (exact) mass is 370 g/mol. The van der Waals surface area contributed by atoms with Crippen LogP contribution in [0.2, 0.25) is 5.02 Å². The van der Waals surface area contributed by atoms with Crippen molar-refractivity contribution in [3.63, 3.8) is 0 Å². The third-order valence-corrected chi connectivity index (χ3v) is 5.08. The summed E-state index contributed by atoms with van der Waals surface area (Å²) >= 11 is 7.35. The topological polar surface area (TPSA) is 29.5 Å².